The molecule has 0 bridgehead atoms. The third-order valence-corrected chi connectivity index (χ3v) is 4.25. The predicted molar refractivity (Wildman–Crippen MR) is 102 cm³/mol. The summed E-state index contributed by atoms with van der Waals surface area (Å²) in [6.45, 7) is 0. The summed E-state index contributed by atoms with van der Waals surface area (Å²) in [5, 5.41) is 2.90. The lowest BCUT2D eigenvalue weighted by molar-refractivity contribution is 0.102. The highest BCUT2D eigenvalue weighted by atomic mass is 32.1. The van der Waals surface area contributed by atoms with Gasteiger partial charge in [-0.1, -0.05) is 18.2 Å². The Morgan fingerprint density at radius 1 is 1.04 bits per heavy atom. The number of hydrogen-bond donors (Lipinski definition) is 2. The largest absolute Gasteiger partial charge is 0.336 e. The molecule has 2 aromatic heterocycles. The molecular formula is C19H15N5OS. The van der Waals surface area contributed by atoms with Gasteiger partial charge >= 0.3 is 0 Å². The highest BCUT2D eigenvalue weighted by Crippen LogP contribution is 2.16. The molecule has 1 amide bonds. The van der Waals surface area contributed by atoms with Crippen LogP contribution in [0, 0.1) is 4.77 Å². The van der Waals surface area contributed by atoms with E-state index in [9.17, 15) is 4.79 Å². The lowest BCUT2D eigenvalue weighted by Crippen LogP contribution is -2.16. The van der Waals surface area contributed by atoms with Crippen LogP contribution in [0.1, 0.15) is 10.5 Å². The van der Waals surface area contributed by atoms with Crippen molar-refractivity contribution in [1.82, 2.24) is 19.1 Å². The molecule has 0 aliphatic carbocycles. The molecule has 0 saturated carbocycles. The fraction of sp³-hybridized carbons (Fsp3) is 0. The average molecular weight is 361 g/mol. The molecule has 128 valence electrons. The third-order valence-electron chi connectivity index (χ3n) is 3.95. The number of carbonyl (C=O) groups excluding carboxylic acids is 1. The number of anilines is 1. The van der Waals surface area contributed by atoms with Gasteiger partial charge in [-0.15, -0.1) is 0 Å². The number of para-hydroxylation sites is 1. The van der Waals surface area contributed by atoms with Gasteiger partial charge in [0, 0.05) is 35.7 Å². The topological polar surface area (TPSA) is 67.6 Å². The molecule has 2 aromatic carbocycles. The van der Waals surface area contributed by atoms with Crippen LogP contribution in [0.5, 0.6) is 0 Å². The van der Waals surface area contributed by atoms with Gasteiger partial charge in [0.05, 0.1) is 6.33 Å². The maximum atomic E-state index is 12.7. The van der Waals surface area contributed by atoms with E-state index in [0.29, 0.717) is 16.2 Å². The fourth-order valence-electron chi connectivity index (χ4n) is 2.69. The van der Waals surface area contributed by atoms with Crippen LogP contribution in [0.2, 0.25) is 0 Å². The Morgan fingerprint density at radius 3 is 2.50 bits per heavy atom. The normalized spacial score (nSPS) is 10.6. The summed E-state index contributed by atoms with van der Waals surface area (Å²) < 4.78 is 4.08. The number of nitrogens with zero attached hydrogens (tertiary/aromatic N) is 3. The van der Waals surface area contributed by atoms with E-state index in [1.165, 1.54) is 0 Å². The third kappa shape index (κ3) is 3.07. The molecule has 4 aromatic rings. The van der Waals surface area contributed by atoms with Crippen LogP contribution in [0.15, 0.2) is 79.5 Å². The molecule has 0 radical (unpaired) electrons. The van der Waals surface area contributed by atoms with Crippen LogP contribution >= 0.6 is 12.2 Å². The highest BCUT2D eigenvalue weighted by molar-refractivity contribution is 7.71. The Kier molecular flexibility index (Phi) is 4.20. The average Bonchev–Trinajstić information content (AvgIpc) is 3.33. The van der Waals surface area contributed by atoms with Crippen molar-refractivity contribution in [3.63, 3.8) is 0 Å². The van der Waals surface area contributed by atoms with Crippen molar-refractivity contribution < 1.29 is 4.79 Å². The summed E-state index contributed by atoms with van der Waals surface area (Å²) in [7, 11) is 0. The van der Waals surface area contributed by atoms with Gasteiger partial charge in [-0.25, -0.2) is 4.98 Å². The standard InChI is InChI=1S/C19H15N5OS/c25-18(17-12-21-19(26)24(17)16-4-2-1-3-5-16)22-14-6-8-15(9-7-14)23-11-10-20-13-23/h1-13H,(H,21,26)(H,22,25). The Hall–Kier alpha value is -3.45. The van der Waals surface area contributed by atoms with E-state index in [2.05, 4.69) is 15.3 Å². The van der Waals surface area contributed by atoms with E-state index in [-0.39, 0.29) is 5.91 Å². The summed E-state index contributed by atoms with van der Waals surface area (Å²) in [5.41, 5.74) is 2.94. The molecule has 26 heavy (non-hydrogen) atoms. The number of amides is 1. The minimum absolute atomic E-state index is 0.239. The summed E-state index contributed by atoms with van der Waals surface area (Å²) in [4.78, 5) is 19.7. The van der Waals surface area contributed by atoms with Crippen molar-refractivity contribution in [2.75, 3.05) is 5.32 Å². The van der Waals surface area contributed by atoms with Gasteiger partial charge in [0.2, 0.25) is 0 Å². The summed E-state index contributed by atoms with van der Waals surface area (Å²) >= 11 is 5.32. The molecular weight excluding hydrogens is 346 g/mol. The van der Waals surface area contributed by atoms with Crippen molar-refractivity contribution in [2.24, 2.45) is 0 Å². The van der Waals surface area contributed by atoms with E-state index >= 15 is 0 Å². The van der Waals surface area contributed by atoms with Gasteiger partial charge in [0.15, 0.2) is 4.77 Å². The van der Waals surface area contributed by atoms with Gasteiger partial charge in [0.1, 0.15) is 5.69 Å². The number of aromatic nitrogens is 4. The van der Waals surface area contributed by atoms with E-state index in [0.717, 1.165) is 11.4 Å². The number of aromatic amines is 1. The maximum absolute atomic E-state index is 12.7. The number of benzene rings is 2. The molecule has 0 aliphatic rings. The van der Waals surface area contributed by atoms with Gasteiger partial charge in [0.25, 0.3) is 5.91 Å². The molecule has 0 fully saturated rings. The first-order valence-corrected chi connectivity index (χ1v) is 8.39. The van der Waals surface area contributed by atoms with Crippen molar-refractivity contribution >= 4 is 23.8 Å². The number of rotatable bonds is 4. The SMILES string of the molecule is O=C(Nc1ccc(-n2ccnc2)cc1)c1c[nH]c(=S)n1-c1ccccc1. The van der Waals surface area contributed by atoms with Crippen LogP contribution in [-0.2, 0) is 0 Å². The number of imidazole rings is 2. The Labute approximate surface area is 154 Å². The molecule has 0 unspecified atom stereocenters. The first-order chi connectivity index (χ1) is 12.7. The molecule has 2 heterocycles. The monoisotopic (exact) mass is 361 g/mol. The maximum Gasteiger partial charge on any atom is 0.274 e. The molecule has 2 N–H and O–H groups in total. The second-order valence-corrected chi connectivity index (χ2v) is 6.01. The van der Waals surface area contributed by atoms with Crippen molar-refractivity contribution in [3.05, 3.63) is 90.0 Å². The minimum Gasteiger partial charge on any atom is -0.336 e. The van der Waals surface area contributed by atoms with Gasteiger partial charge in [-0.2, -0.15) is 0 Å². The first kappa shape index (κ1) is 16.0. The number of nitrogens with one attached hydrogen (secondary N) is 2. The number of hydrogen-bond acceptors (Lipinski definition) is 3. The van der Waals surface area contributed by atoms with Gasteiger partial charge in [-0.3, -0.25) is 9.36 Å². The Morgan fingerprint density at radius 2 is 1.81 bits per heavy atom. The lowest BCUT2D eigenvalue weighted by atomic mass is 10.2. The number of H-pyrrole nitrogens is 1. The minimum atomic E-state index is -0.239. The quantitative estimate of drug-likeness (QED) is 0.541. The molecule has 0 saturated heterocycles. The van der Waals surface area contributed by atoms with Gasteiger partial charge in [-0.05, 0) is 48.6 Å². The van der Waals surface area contributed by atoms with Crippen LogP contribution in [0.3, 0.4) is 0 Å². The Balaban J connectivity index is 1.59. The van der Waals surface area contributed by atoms with E-state index < -0.39 is 0 Å². The van der Waals surface area contributed by atoms with Crippen LogP contribution in [0.25, 0.3) is 11.4 Å². The molecule has 6 nitrogen and oxygen atoms in total. The van der Waals surface area contributed by atoms with Crippen molar-refractivity contribution in [3.8, 4) is 11.4 Å². The van der Waals surface area contributed by atoms with Gasteiger partial charge < -0.3 is 14.9 Å². The summed E-state index contributed by atoms with van der Waals surface area (Å²) in [5.74, 6) is -0.239. The van der Waals surface area contributed by atoms with E-state index in [1.807, 2.05) is 65.4 Å². The van der Waals surface area contributed by atoms with E-state index in [1.54, 1.807) is 23.3 Å². The van der Waals surface area contributed by atoms with Crippen LogP contribution in [0.4, 0.5) is 5.69 Å². The van der Waals surface area contributed by atoms with Crippen molar-refractivity contribution in [1.29, 1.82) is 0 Å². The highest BCUT2D eigenvalue weighted by Gasteiger charge is 2.14. The van der Waals surface area contributed by atoms with Crippen molar-refractivity contribution in [2.45, 2.75) is 0 Å². The fourth-order valence-corrected chi connectivity index (χ4v) is 2.96. The second-order valence-electron chi connectivity index (χ2n) is 5.62. The molecule has 4 rings (SSSR count). The summed E-state index contributed by atoms with van der Waals surface area (Å²) in [6, 6.07) is 17.1. The lowest BCUT2D eigenvalue weighted by Gasteiger charge is -2.10. The zero-order chi connectivity index (χ0) is 17.9. The Bertz CT molecular complexity index is 1080. The van der Waals surface area contributed by atoms with E-state index in [4.69, 9.17) is 12.2 Å². The zero-order valence-corrected chi connectivity index (χ0v) is 14.5. The number of carbonyl (C=O) groups is 1. The zero-order valence-electron chi connectivity index (χ0n) is 13.7. The molecule has 0 atom stereocenters. The first-order valence-electron chi connectivity index (χ1n) is 7.98. The predicted octanol–water partition coefficient (Wildman–Crippen LogP) is 3.97. The molecule has 0 aliphatic heterocycles. The molecule has 7 heteroatoms. The van der Waals surface area contributed by atoms with Crippen LogP contribution < -0.4 is 5.32 Å². The second kappa shape index (κ2) is 6.81. The smallest absolute Gasteiger partial charge is 0.274 e. The molecule has 0 spiro atoms. The van der Waals surface area contributed by atoms with Crippen LogP contribution in [-0.4, -0.2) is 25.0 Å². The summed E-state index contributed by atoms with van der Waals surface area (Å²) in [6.07, 6.45) is 6.92.